The van der Waals surface area contributed by atoms with Gasteiger partial charge in [0.05, 0.1) is 20.3 Å². The number of hydrogen-bond donors (Lipinski definition) is 3. The largest absolute Gasteiger partial charge is 0.493 e. The number of benzene rings is 1. The van der Waals surface area contributed by atoms with Gasteiger partial charge >= 0.3 is 0 Å². The van der Waals surface area contributed by atoms with Crippen LogP contribution in [0.5, 0.6) is 11.5 Å². The van der Waals surface area contributed by atoms with E-state index >= 15 is 0 Å². The van der Waals surface area contributed by atoms with Gasteiger partial charge in [-0.25, -0.2) is 4.99 Å². The molecule has 1 heterocycles. The Balaban J connectivity index is 1.87. The monoisotopic (exact) mass is 419 g/mol. The van der Waals surface area contributed by atoms with Crippen LogP contribution in [-0.2, 0) is 12.0 Å². The molecule has 1 aromatic carbocycles. The summed E-state index contributed by atoms with van der Waals surface area (Å²) in [5.74, 6) is 2.26. The normalized spacial score (nSPS) is 13.6. The number of aliphatic hydroxyl groups is 1. The van der Waals surface area contributed by atoms with E-state index in [9.17, 15) is 5.11 Å². The number of rotatable bonds is 11. The average molecular weight is 420 g/mol. The molecule has 0 bridgehead atoms. The predicted molar refractivity (Wildman–Crippen MR) is 120 cm³/mol. The smallest absolute Gasteiger partial charge is 0.191 e. The van der Waals surface area contributed by atoms with Crippen molar-refractivity contribution >= 4 is 17.3 Å². The van der Waals surface area contributed by atoms with Gasteiger partial charge in [0.15, 0.2) is 17.5 Å². The van der Waals surface area contributed by atoms with Crippen molar-refractivity contribution in [1.29, 1.82) is 0 Å². The second-order valence-electron chi connectivity index (χ2n) is 6.93. The molecule has 0 aliphatic rings. The summed E-state index contributed by atoms with van der Waals surface area (Å²) in [5.41, 5.74) is 1.13. The standard InChI is InChI=1S/C22H33N3O3S/c1-5-23-21(25-16-22(3,26)18-11-13-29-15-18)24-12-7-8-17-9-10-19(27-4)20(14-17)28-6-2/h9-11,13-15,26H,5-8,12,16H2,1-4H3,(H2,23,24,25). The van der Waals surface area contributed by atoms with Gasteiger partial charge in [-0.15, -0.1) is 0 Å². The lowest BCUT2D eigenvalue weighted by Crippen LogP contribution is -2.39. The van der Waals surface area contributed by atoms with Gasteiger partial charge in [0.1, 0.15) is 5.60 Å². The second-order valence-corrected chi connectivity index (χ2v) is 7.71. The minimum Gasteiger partial charge on any atom is -0.493 e. The van der Waals surface area contributed by atoms with Crippen molar-refractivity contribution in [2.24, 2.45) is 4.99 Å². The van der Waals surface area contributed by atoms with E-state index in [-0.39, 0.29) is 0 Å². The Morgan fingerprint density at radius 1 is 1.21 bits per heavy atom. The minimum atomic E-state index is -0.971. The Kier molecular flexibility index (Phi) is 9.28. The van der Waals surface area contributed by atoms with E-state index in [1.807, 2.05) is 42.8 Å². The highest BCUT2D eigenvalue weighted by Gasteiger charge is 2.23. The van der Waals surface area contributed by atoms with Crippen LogP contribution in [0, 0.1) is 0 Å². The number of methoxy groups -OCH3 is 1. The molecule has 0 spiro atoms. The van der Waals surface area contributed by atoms with Crippen molar-refractivity contribution in [1.82, 2.24) is 10.6 Å². The number of guanidine groups is 1. The first-order valence-corrected chi connectivity index (χ1v) is 11.0. The quantitative estimate of drug-likeness (QED) is 0.295. The fraction of sp³-hybridized carbons (Fsp3) is 0.500. The molecule has 6 nitrogen and oxygen atoms in total. The van der Waals surface area contributed by atoms with E-state index in [0.717, 1.165) is 43.0 Å². The maximum absolute atomic E-state index is 10.6. The Bertz CT molecular complexity index is 761. The van der Waals surface area contributed by atoms with E-state index < -0.39 is 5.60 Å². The summed E-state index contributed by atoms with van der Waals surface area (Å²) in [7, 11) is 1.65. The molecular formula is C22H33N3O3S. The number of aliphatic imine (C=N–C) groups is 1. The molecule has 0 fully saturated rings. The highest BCUT2D eigenvalue weighted by molar-refractivity contribution is 7.08. The Hall–Kier alpha value is -2.25. The van der Waals surface area contributed by atoms with Crippen LogP contribution in [0.2, 0.25) is 0 Å². The van der Waals surface area contributed by atoms with E-state index in [1.165, 1.54) is 5.56 Å². The van der Waals surface area contributed by atoms with Crippen LogP contribution < -0.4 is 20.1 Å². The Morgan fingerprint density at radius 2 is 2.03 bits per heavy atom. The van der Waals surface area contributed by atoms with Crippen LogP contribution >= 0.6 is 11.3 Å². The number of thiophene rings is 1. The first kappa shape index (κ1) is 23.0. The summed E-state index contributed by atoms with van der Waals surface area (Å²) in [6.45, 7) is 8.25. The zero-order valence-electron chi connectivity index (χ0n) is 17.8. The molecule has 3 N–H and O–H groups in total. The summed E-state index contributed by atoms with van der Waals surface area (Å²) in [5, 5.41) is 21.2. The molecule has 160 valence electrons. The molecule has 1 unspecified atom stereocenters. The van der Waals surface area contributed by atoms with Gasteiger partial charge in [0.2, 0.25) is 0 Å². The summed E-state index contributed by atoms with van der Waals surface area (Å²) in [6, 6.07) is 8.00. The molecule has 0 saturated heterocycles. The first-order chi connectivity index (χ1) is 14.0. The molecule has 0 aliphatic heterocycles. The molecule has 1 atom stereocenters. The lowest BCUT2D eigenvalue weighted by atomic mass is 10.00. The number of nitrogens with one attached hydrogen (secondary N) is 2. The van der Waals surface area contributed by atoms with Crippen molar-refractivity contribution in [3.05, 3.63) is 46.2 Å². The van der Waals surface area contributed by atoms with Crippen LogP contribution in [0.3, 0.4) is 0 Å². The second kappa shape index (κ2) is 11.7. The molecule has 7 heteroatoms. The SMILES string of the molecule is CCNC(=NCC(C)(O)c1ccsc1)NCCCc1ccc(OC)c(OCC)c1. The fourth-order valence-electron chi connectivity index (χ4n) is 2.88. The Morgan fingerprint density at radius 3 is 2.69 bits per heavy atom. The van der Waals surface area contributed by atoms with E-state index in [4.69, 9.17) is 9.47 Å². The van der Waals surface area contributed by atoms with Crippen LogP contribution in [0.25, 0.3) is 0 Å². The predicted octanol–water partition coefficient (Wildman–Crippen LogP) is 3.55. The van der Waals surface area contributed by atoms with Crippen LogP contribution in [-0.4, -0.2) is 44.4 Å². The van der Waals surface area contributed by atoms with E-state index in [2.05, 4.69) is 21.7 Å². The molecular weight excluding hydrogens is 386 g/mol. The maximum atomic E-state index is 10.6. The Labute approximate surface area is 178 Å². The minimum absolute atomic E-state index is 0.301. The molecule has 0 amide bonds. The summed E-state index contributed by atoms with van der Waals surface area (Å²) < 4.78 is 11.0. The van der Waals surface area contributed by atoms with Gasteiger partial charge in [-0.3, -0.25) is 0 Å². The topological polar surface area (TPSA) is 75.1 Å². The summed E-state index contributed by atoms with van der Waals surface area (Å²) in [6.07, 6.45) is 1.87. The van der Waals surface area contributed by atoms with E-state index in [1.54, 1.807) is 25.4 Å². The summed E-state index contributed by atoms with van der Waals surface area (Å²) >= 11 is 1.58. The molecule has 1 aromatic heterocycles. The lowest BCUT2D eigenvalue weighted by molar-refractivity contribution is 0.0677. The van der Waals surface area contributed by atoms with Gasteiger partial charge in [-0.2, -0.15) is 11.3 Å². The van der Waals surface area contributed by atoms with Crippen LogP contribution in [0.1, 0.15) is 38.3 Å². The van der Waals surface area contributed by atoms with Crippen molar-refractivity contribution < 1.29 is 14.6 Å². The average Bonchev–Trinajstić information content (AvgIpc) is 3.26. The fourth-order valence-corrected chi connectivity index (χ4v) is 3.66. The third kappa shape index (κ3) is 7.25. The molecule has 29 heavy (non-hydrogen) atoms. The third-order valence-corrected chi connectivity index (χ3v) is 5.18. The highest BCUT2D eigenvalue weighted by Crippen LogP contribution is 2.28. The first-order valence-electron chi connectivity index (χ1n) is 10.1. The number of aryl methyl sites for hydroxylation is 1. The van der Waals surface area contributed by atoms with Crippen molar-refractivity contribution in [3.63, 3.8) is 0 Å². The van der Waals surface area contributed by atoms with Gasteiger partial charge < -0.3 is 25.2 Å². The zero-order chi connectivity index (χ0) is 21.1. The number of ether oxygens (including phenoxy) is 2. The zero-order valence-corrected chi connectivity index (χ0v) is 18.6. The summed E-state index contributed by atoms with van der Waals surface area (Å²) in [4.78, 5) is 4.56. The van der Waals surface area contributed by atoms with Gasteiger partial charge in [-0.05, 0) is 73.7 Å². The van der Waals surface area contributed by atoms with Crippen molar-refractivity contribution in [2.45, 2.75) is 39.2 Å². The van der Waals surface area contributed by atoms with Gasteiger partial charge in [-0.1, -0.05) is 6.07 Å². The van der Waals surface area contributed by atoms with E-state index in [0.29, 0.717) is 19.1 Å². The molecule has 2 rings (SSSR count). The lowest BCUT2D eigenvalue weighted by Gasteiger charge is -2.21. The molecule has 2 aromatic rings. The number of hydrogen-bond acceptors (Lipinski definition) is 5. The third-order valence-electron chi connectivity index (χ3n) is 4.49. The molecule has 0 radical (unpaired) electrons. The highest BCUT2D eigenvalue weighted by atomic mass is 32.1. The van der Waals surface area contributed by atoms with Crippen molar-refractivity contribution in [2.75, 3.05) is 33.4 Å². The molecule has 0 saturated carbocycles. The van der Waals surface area contributed by atoms with Crippen LogP contribution in [0.4, 0.5) is 0 Å². The van der Waals surface area contributed by atoms with Gasteiger partial charge in [0.25, 0.3) is 0 Å². The molecule has 0 aliphatic carbocycles. The van der Waals surface area contributed by atoms with Crippen molar-refractivity contribution in [3.8, 4) is 11.5 Å². The number of nitrogens with zero attached hydrogens (tertiary/aromatic N) is 1. The van der Waals surface area contributed by atoms with Crippen LogP contribution in [0.15, 0.2) is 40.0 Å². The maximum Gasteiger partial charge on any atom is 0.191 e. The van der Waals surface area contributed by atoms with Gasteiger partial charge in [0, 0.05) is 13.1 Å².